The summed E-state index contributed by atoms with van der Waals surface area (Å²) in [5, 5.41) is 4.76. The van der Waals surface area contributed by atoms with Gasteiger partial charge >= 0.3 is 0 Å². The zero-order valence-corrected chi connectivity index (χ0v) is 15.5. The number of piperidine rings is 1. The van der Waals surface area contributed by atoms with Crippen LogP contribution in [0.5, 0.6) is 0 Å². The molecule has 2 aliphatic heterocycles. The maximum Gasteiger partial charge on any atom is 0.147 e. The summed E-state index contributed by atoms with van der Waals surface area (Å²) in [5.74, 6) is 1.28. The van der Waals surface area contributed by atoms with Crippen LogP contribution in [0.25, 0.3) is 0 Å². The maximum absolute atomic E-state index is 6.19. The van der Waals surface area contributed by atoms with E-state index in [2.05, 4.69) is 25.2 Å². The van der Waals surface area contributed by atoms with E-state index in [0.717, 1.165) is 41.9 Å². The molecule has 0 aromatic carbocycles. The van der Waals surface area contributed by atoms with E-state index in [4.69, 9.17) is 17.3 Å². The minimum Gasteiger partial charge on any atom is -0.382 e. The van der Waals surface area contributed by atoms with Crippen molar-refractivity contribution in [3.8, 4) is 0 Å². The normalized spacial score (nSPS) is 19.5. The standard InChI is InChI=1S/C17H21ClN6S/c18-15-12(1-5-21-16(15)19)25-14-10-22-13(9-23-14)24-7-3-17(4-8-24)2-6-20-11-17/h1,5,9-10,20H,2-4,6-8,11H2,(H2,19,21). The Morgan fingerprint density at radius 1 is 1.16 bits per heavy atom. The molecule has 2 aromatic rings. The van der Waals surface area contributed by atoms with Gasteiger partial charge in [0, 0.05) is 30.7 Å². The number of rotatable bonds is 3. The number of hydrogen-bond donors (Lipinski definition) is 2. The maximum atomic E-state index is 6.19. The number of halogens is 1. The van der Waals surface area contributed by atoms with Crippen LogP contribution in [-0.2, 0) is 0 Å². The molecule has 1 spiro atoms. The fraction of sp³-hybridized carbons (Fsp3) is 0.471. The van der Waals surface area contributed by atoms with Crippen LogP contribution in [0, 0.1) is 5.41 Å². The summed E-state index contributed by atoms with van der Waals surface area (Å²) in [6.07, 6.45) is 9.05. The number of nitrogens with two attached hydrogens (primary N) is 1. The number of pyridine rings is 1. The summed E-state index contributed by atoms with van der Waals surface area (Å²) in [6.45, 7) is 4.43. The zero-order valence-electron chi connectivity index (χ0n) is 13.9. The van der Waals surface area contributed by atoms with Crippen molar-refractivity contribution < 1.29 is 0 Å². The third-order valence-electron chi connectivity index (χ3n) is 5.19. The van der Waals surface area contributed by atoms with E-state index in [1.807, 2.05) is 12.3 Å². The largest absolute Gasteiger partial charge is 0.382 e. The second kappa shape index (κ2) is 6.97. The molecule has 0 bridgehead atoms. The predicted octanol–water partition coefficient (Wildman–Crippen LogP) is 2.84. The van der Waals surface area contributed by atoms with E-state index < -0.39 is 0 Å². The monoisotopic (exact) mass is 376 g/mol. The van der Waals surface area contributed by atoms with E-state index in [1.165, 1.54) is 31.0 Å². The summed E-state index contributed by atoms with van der Waals surface area (Å²) in [6, 6.07) is 1.83. The van der Waals surface area contributed by atoms with Gasteiger partial charge < -0.3 is 16.0 Å². The Hall–Kier alpha value is -1.57. The Morgan fingerprint density at radius 2 is 2.00 bits per heavy atom. The number of hydrogen-bond acceptors (Lipinski definition) is 7. The highest BCUT2D eigenvalue weighted by molar-refractivity contribution is 7.99. The van der Waals surface area contributed by atoms with Crippen molar-refractivity contribution >= 4 is 35.0 Å². The summed E-state index contributed by atoms with van der Waals surface area (Å²) in [5.41, 5.74) is 6.25. The number of anilines is 2. The van der Waals surface area contributed by atoms with E-state index >= 15 is 0 Å². The van der Waals surface area contributed by atoms with E-state index in [1.54, 1.807) is 12.4 Å². The summed E-state index contributed by atoms with van der Waals surface area (Å²) in [7, 11) is 0. The van der Waals surface area contributed by atoms with Crippen molar-refractivity contribution in [2.24, 2.45) is 5.41 Å². The molecule has 0 amide bonds. The number of nitrogens with one attached hydrogen (secondary N) is 1. The quantitative estimate of drug-likeness (QED) is 0.852. The van der Waals surface area contributed by atoms with Crippen LogP contribution in [0.4, 0.5) is 11.6 Å². The van der Waals surface area contributed by atoms with Crippen LogP contribution < -0.4 is 16.0 Å². The van der Waals surface area contributed by atoms with Crippen molar-refractivity contribution in [2.75, 3.05) is 36.8 Å². The lowest BCUT2D eigenvalue weighted by atomic mass is 9.78. The molecule has 2 aromatic heterocycles. The smallest absolute Gasteiger partial charge is 0.147 e. The zero-order chi connectivity index (χ0) is 17.3. The van der Waals surface area contributed by atoms with Crippen molar-refractivity contribution in [3.63, 3.8) is 0 Å². The molecule has 2 fully saturated rings. The molecule has 6 nitrogen and oxygen atoms in total. The third-order valence-corrected chi connectivity index (χ3v) is 6.68. The van der Waals surface area contributed by atoms with Gasteiger partial charge in [-0.15, -0.1) is 0 Å². The molecule has 2 aliphatic rings. The van der Waals surface area contributed by atoms with Gasteiger partial charge in [0.2, 0.25) is 0 Å². The SMILES string of the molecule is Nc1nccc(Sc2cnc(N3CCC4(CCNC4)CC3)cn2)c1Cl. The molecular formula is C17H21ClN6S. The van der Waals surface area contributed by atoms with Gasteiger partial charge in [-0.25, -0.2) is 15.0 Å². The lowest BCUT2D eigenvalue weighted by Crippen LogP contribution is -2.41. The van der Waals surface area contributed by atoms with Gasteiger partial charge in [-0.2, -0.15) is 0 Å². The molecule has 132 valence electrons. The van der Waals surface area contributed by atoms with E-state index in [0.29, 0.717) is 16.3 Å². The highest BCUT2D eigenvalue weighted by Crippen LogP contribution is 2.38. The Labute approximate surface area is 156 Å². The molecule has 0 saturated carbocycles. The second-order valence-corrected chi connectivity index (χ2v) is 8.18. The number of aromatic nitrogens is 3. The molecule has 4 rings (SSSR count). The molecule has 0 radical (unpaired) electrons. The first-order valence-electron chi connectivity index (χ1n) is 8.51. The fourth-order valence-electron chi connectivity index (χ4n) is 3.59. The summed E-state index contributed by atoms with van der Waals surface area (Å²) in [4.78, 5) is 16.3. The Balaban J connectivity index is 1.41. The van der Waals surface area contributed by atoms with Crippen molar-refractivity contribution in [3.05, 3.63) is 29.7 Å². The molecule has 0 unspecified atom stereocenters. The Bertz CT molecular complexity index is 737. The number of nitrogens with zero attached hydrogens (tertiary/aromatic N) is 4. The van der Waals surface area contributed by atoms with Crippen LogP contribution in [0.3, 0.4) is 0 Å². The summed E-state index contributed by atoms with van der Waals surface area (Å²) < 4.78 is 0. The van der Waals surface area contributed by atoms with Crippen LogP contribution in [-0.4, -0.2) is 41.1 Å². The van der Waals surface area contributed by atoms with E-state index in [-0.39, 0.29) is 0 Å². The minimum absolute atomic E-state index is 0.333. The van der Waals surface area contributed by atoms with Gasteiger partial charge in [-0.05, 0) is 37.3 Å². The average Bonchev–Trinajstić information content (AvgIpc) is 3.09. The van der Waals surface area contributed by atoms with Gasteiger partial charge in [-0.3, -0.25) is 0 Å². The molecule has 0 atom stereocenters. The van der Waals surface area contributed by atoms with Crippen molar-refractivity contribution in [2.45, 2.75) is 29.2 Å². The lowest BCUT2D eigenvalue weighted by molar-refractivity contribution is 0.247. The Kier molecular flexibility index (Phi) is 4.71. The van der Waals surface area contributed by atoms with Gasteiger partial charge in [0.05, 0.1) is 17.4 Å². The molecule has 2 saturated heterocycles. The molecule has 3 N–H and O–H groups in total. The first kappa shape index (κ1) is 16.9. The molecule has 25 heavy (non-hydrogen) atoms. The lowest BCUT2D eigenvalue weighted by Gasteiger charge is -2.39. The number of nitrogen functional groups attached to an aromatic ring is 1. The minimum atomic E-state index is 0.333. The van der Waals surface area contributed by atoms with Crippen molar-refractivity contribution in [1.82, 2.24) is 20.3 Å². The Morgan fingerprint density at radius 3 is 2.68 bits per heavy atom. The molecule has 4 heterocycles. The first-order chi connectivity index (χ1) is 12.2. The van der Waals surface area contributed by atoms with Crippen LogP contribution in [0.2, 0.25) is 5.02 Å². The van der Waals surface area contributed by atoms with Crippen molar-refractivity contribution in [1.29, 1.82) is 0 Å². The highest BCUT2D eigenvalue weighted by Gasteiger charge is 2.37. The van der Waals surface area contributed by atoms with Gasteiger partial charge in [-0.1, -0.05) is 23.4 Å². The molecule has 0 aliphatic carbocycles. The highest BCUT2D eigenvalue weighted by atomic mass is 35.5. The third kappa shape index (κ3) is 3.54. The van der Waals surface area contributed by atoms with Gasteiger partial charge in [0.1, 0.15) is 16.7 Å². The van der Waals surface area contributed by atoms with Crippen LogP contribution in [0.1, 0.15) is 19.3 Å². The fourth-order valence-corrected chi connectivity index (χ4v) is 4.58. The average molecular weight is 377 g/mol. The molecule has 8 heteroatoms. The first-order valence-corrected chi connectivity index (χ1v) is 9.70. The van der Waals surface area contributed by atoms with Crippen LogP contribution >= 0.6 is 23.4 Å². The second-order valence-electron chi connectivity index (χ2n) is 6.74. The van der Waals surface area contributed by atoms with Crippen LogP contribution in [0.15, 0.2) is 34.6 Å². The van der Waals surface area contributed by atoms with Gasteiger partial charge in [0.25, 0.3) is 0 Å². The summed E-state index contributed by atoms with van der Waals surface area (Å²) >= 11 is 7.63. The van der Waals surface area contributed by atoms with E-state index in [9.17, 15) is 0 Å². The molecular weight excluding hydrogens is 356 g/mol. The predicted molar refractivity (Wildman–Crippen MR) is 101 cm³/mol. The topological polar surface area (TPSA) is 80.0 Å². The van der Waals surface area contributed by atoms with Gasteiger partial charge in [0.15, 0.2) is 0 Å².